The second kappa shape index (κ2) is 7.63. The molecule has 0 radical (unpaired) electrons. The summed E-state index contributed by atoms with van der Waals surface area (Å²) >= 11 is 1.52. The maximum Gasteiger partial charge on any atom is 0.203 e. The summed E-state index contributed by atoms with van der Waals surface area (Å²) in [6, 6.07) is 16.2. The van der Waals surface area contributed by atoms with Crippen LogP contribution in [0.5, 0.6) is 5.75 Å². The van der Waals surface area contributed by atoms with Crippen LogP contribution in [0.15, 0.2) is 65.2 Å². The molecule has 6 heteroatoms. The number of ether oxygens (including phenoxy) is 1. The predicted octanol–water partition coefficient (Wildman–Crippen LogP) is 5.24. The Bertz CT molecular complexity index is 1100. The van der Waals surface area contributed by atoms with Gasteiger partial charge in [-0.1, -0.05) is 30.3 Å². The molecule has 1 N–H and O–H groups in total. The molecule has 4 rings (SSSR count). The maximum atomic E-state index is 5.28. The Balaban J connectivity index is 1.52. The van der Waals surface area contributed by atoms with Gasteiger partial charge in [-0.25, -0.2) is 4.98 Å². The Hall–Kier alpha value is -3.12. The molecule has 0 aliphatic heterocycles. The molecule has 4 aromatic rings. The fourth-order valence-corrected chi connectivity index (χ4v) is 3.71. The predicted molar refractivity (Wildman–Crippen MR) is 113 cm³/mol. The molecule has 2 aromatic heterocycles. The van der Waals surface area contributed by atoms with Gasteiger partial charge in [0.05, 0.1) is 19.0 Å². The molecule has 0 aliphatic carbocycles. The fourth-order valence-electron chi connectivity index (χ4n) is 3.04. The van der Waals surface area contributed by atoms with Crippen LogP contribution in [0.1, 0.15) is 12.5 Å². The number of methoxy groups -OCH3 is 1. The van der Waals surface area contributed by atoms with Crippen molar-refractivity contribution < 1.29 is 4.74 Å². The van der Waals surface area contributed by atoms with Crippen molar-refractivity contribution in [3.8, 4) is 17.0 Å². The highest BCUT2D eigenvalue weighted by atomic mass is 32.1. The number of nitrogens with one attached hydrogen (secondary N) is 1. The van der Waals surface area contributed by atoms with E-state index >= 15 is 0 Å². The van der Waals surface area contributed by atoms with Gasteiger partial charge in [-0.2, -0.15) is 5.10 Å². The highest BCUT2D eigenvalue weighted by Crippen LogP contribution is 2.27. The lowest BCUT2D eigenvalue weighted by atomic mass is 10.2. The highest BCUT2D eigenvalue weighted by Gasteiger charge is 2.06. The zero-order valence-corrected chi connectivity index (χ0v) is 16.0. The Morgan fingerprint density at radius 1 is 1.22 bits per heavy atom. The number of hydrogen-bond acceptors (Lipinski definition) is 5. The van der Waals surface area contributed by atoms with Crippen LogP contribution in [0, 0.1) is 0 Å². The highest BCUT2D eigenvalue weighted by molar-refractivity contribution is 7.14. The molecule has 0 amide bonds. The van der Waals surface area contributed by atoms with Crippen LogP contribution >= 0.6 is 11.3 Å². The van der Waals surface area contributed by atoms with Crippen LogP contribution in [-0.4, -0.2) is 22.9 Å². The molecular weight excluding hydrogens is 356 g/mol. The summed E-state index contributed by atoms with van der Waals surface area (Å²) in [6.45, 7) is 3.07. The number of anilines is 1. The summed E-state index contributed by atoms with van der Waals surface area (Å²) in [7, 11) is 1.66. The van der Waals surface area contributed by atoms with E-state index in [9.17, 15) is 0 Å². The van der Waals surface area contributed by atoms with Crippen molar-refractivity contribution in [3.05, 3.63) is 65.7 Å². The van der Waals surface area contributed by atoms with Gasteiger partial charge in [0.1, 0.15) is 5.75 Å². The minimum atomic E-state index is 0.753. The molecule has 136 valence electrons. The molecule has 0 unspecified atom stereocenters. The number of benzene rings is 2. The third kappa shape index (κ3) is 3.57. The number of fused-ring (bicyclic) bond motifs is 1. The Morgan fingerprint density at radius 3 is 2.96 bits per heavy atom. The molecule has 0 saturated carbocycles. The van der Waals surface area contributed by atoms with E-state index in [1.807, 2.05) is 41.9 Å². The van der Waals surface area contributed by atoms with Crippen molar-refractivity contribution in [2.24, 2.45) is 5.10 Å². The average molecular weight is 376 g/mol. The van der Waals surface area contributed by atoms with Crippen LogP contribution in [0.2, 0.25) is 0 Å². The first-order chi connectivity index (χ1) is 13.3. The largest absolute Gasteiger partial charge is 0.497 e. The van der Waals surface area contributed by atoms with Crippen LogP contribution in [0.3, 0.4) is 0 Å². The third-order valence-electron chi connectivity index (χ3n) is 4.39. The molecule has 0 spiro atoms. The summed E-state index contributed by atoms with van der Waals surface area (Å²) in [5.74, 6) is 0.820. The first kappa shape index (κ1) is 17.3. The van der Waals surface area contributed by atoms with Crippen molar-refractivity contribution in [2.45, 2.75) is 13.5 Å². The quantitative estimate of drug-likeness (QED) is 0.370. The molecule has 0 atom stereocenters. The van der Waals surface area contributed by atoms with Gasteiger partial charge < -0.3 is 9.30 Å². The monoisotopic (exact) mass is 376 g/mol. The van der Waals surface area contributed by atoms with Crippen molar-refractivity contribution in [3.63, 3.8) is 0 Å². The number of hydrogen-bond donors (Lipinski definition) is 1. The Labute approximate surface area is 161 Å². The van der Waals surface area contributed by atoms with Crippen LogP contribution in [0.4, 0.5) is 5.13 Å². The molecule has 0 saturated heterocycles. The summed E-state index contributed by atoms with van der Waals surface area (Å²) in [5, 5.41) is 8.34. The lowest BCUT2D eigenvalue weighted by molar-refractivity contribution is 0.415. The number of nitrogens with zero attached hydrogens (tertiary/aromatic N) is 3. The van der Waals surface area contributed by atoms with Crippen molar-refractivity contribution >= 4 is 33.6 Å². The molecule has 0 fully saturated rings. The number of rotatable bonds is 6. The van der Waals surface area contributed by atoms with Gasteiger partial charge in [0.25, 0.3) is 0 Å². The molecule has 2 heterocycles. The third-order valence-corrected chi connectivity index (χ3v) is 5.14. The van der Waals surface area contributed by atoms with Crippen molar-refractivity contribution in [1.82, 2.24) is 9.55 Å². The van der Waals surface area contributed by atoms with E-state index < -0.39 is 0 Å². The lowest BCUT2D eigenvalue weighted by Crippen LogP contribution is -1.91. The second-order valence-corrected chi connectivity index (χ2v) is 6.89. The van der Waals surface area contributed by atoms with E-state index in [2.05, 4.69) is 51.4 Å². The smallest absolute Gasteiger partial charge is 0.203 e. The number of hydrazone groups is 1. The van der Waals surface area contributed by atoms with Crippen LogP contribution in [-0.2, 0) is 6.54 Å². The molecular formula is C21H20N4OS. The Kier molecular flexibility index (Phi) is 4.89. The molecule has 0 bridgehead atoms. The van der Waals surface area contributed by atoms with Gasteiger partial charge in [0, 0.05) is 40.2 Å². The van der Waals surface area contributed by atoms with E-state index in [0.29, 0.717) is 0 Å². The maximum absolute atomic E-state index is 5.28. The second-order valence-electron chi connectivity index (χ2n) is 6.03. The van der Waals surface area contributed by atoms with E-state index in [1.165, 1.54) is 22.2 Å². The molecule has 0 aliphatic rings. The van der Waals surface area contributed by atoms with Gasteiger partial charge in [-0.15, -0.1) is 11.3 Å². The SMILES string of the molecule is CCn1cc(/C=N\Nc2nc(-c3cccc(OC)c3)cs2)c2ccccc21. The van der Waals surface area contributed by atoms with Gasteiger partial charge in [0.15, 0.2) is 0 Å². The van der Waals surface area contributed by atoms with E-state index in [-0.39, 0.29) is 0 Å². The van der Waals surface area contributed by atoms with E-state index in [1.54, 1.807) is 7.11 Å². The molecule has 5 nitrogen and oxygen atoms in total. The lowest BCUT2D eigenvalue weighted by Gasteiger charge is -2.01. The zero-order chi connectivity index (χ0) is 18.6. The zero-order valence-electron chi connectivity index (χ0n) is 15.2. The minimum absolute atomic E-state index is 0.753. The summed E-state index contributed by atoms with van der Waals surface area (Å²) in [4.78, 5) is 4.60. The number of para-hydroxylation sites is 1. The molecule has 27 heavy (non-hydrogen) atoms. The Morgan fingerprint density at radius 2 is 2.11 bits per heavy atom. The van der Waals surface area contributed by atoms with Crippen LogP contribution in [0.25, 0.3) is 22.2 Å². The fraction of sp³-hybridized carbons (Fsp3) is 0.143. The number of aryl methyl sites for hydroxylation is 1. The van der Waals surface area contributed by atoms with E-state index in [0.717, 1.165) is 34.2 Å². The van der Waals surface area contributed by atoms with Gasteiger partial charge >= 0.3 is 0 Å². The van der Waals surface area contributed by atoms with Crippen molar-refractivity contribution in [2.75, 3.05) is 12.5 Å². The first-order valence-electron chi connectivity index (χ1n) is 8.75. The normalized spacial score (nSPS) is 11.3. The average Bonchev–Trinajstić information content (AvgIpc) is 3.33. The topological polar surface area (TPSA) is 51.4 Å². The van der Waals surface area contributed by atoms with Gasteiger partial charge in [0.2, 0.25) is 5.13 Å². The van der Waals surface area contributed by atoms with Gasteiger partial charge in [-0.3, -0.25) is 5.43 Å². The van der Waals surface area contributed by atoms with Crippen LogP contribution < -0.4 is 10.2 Å². The molecule has 2 aromatic carbocycles. The first-order valence-corrected chi connectivity index (χ1v) is 9.63. The standard InChI is InChI=1S/C21H20N4OS/c1-3-25-13-16(18-9-4-5-10-20(18)25)12-22-24-21-23-19(14-27-21)15-7-6-8-17(11-15)26-2/h4-14H,3H2,1-2H3,(H,23,24)/b22-12-. The number of aromatic nitrogens is 2. The summed E-state index contributed by atoms with van der Waals surface area (Å²) in [5.41, 5.74) is 7.27. The summed E-state index contributed by atoms with van der Waals surface area (Å²) < 4.78 is 7.50. The van der Waals surface area contributed by atoms with Gasteiger partial charge in [-0.05, 0) is 25.1 Å². The summed E-state index contributed by atoms with van der Waals surface area (Å²) in [6.07, 6.45) is 3.97. The van der Waals surface area contributed by atoms with Crippen molar-refractivity contribution in [1.29, 1.82) is 0 Å². The van der Waals surface area contributed by atoms with E-state index in [4.69, 9.17) is 4.74 Å². The number of thiazole rings is 1. The minimum Gasteiger partial charge on any atom is -0.497 e.